The molecule has 0 radical (unpaired) electrons. The van der Waals surface area contributed by atoms with Gasteiger partial charge in [0.1, 0.15) is 0 Å². The molecule has 0 heterocycles. The van der Waals surface area contributed by atoms with Crippen molar-refractivity contribution >= 4 is 52.1 Å². The Bertz CT molecular complexity index is 1050. The number of carbonyl (C=O) groups is 1. The van der Waals surface area contributed by atoms with E-state index in [1.807, 2.05) is 44.2 Å². The van der Waals surface area contributed by atoms with Gasteiger partial charge in [0.25, 0.3) is 5.91 Å². The first-order valence-electron chi connectivity index (χ1n) is 9.29. The standard InChI is InChI=1S/C23H21Cl3N2O2/c1-14-7-8-17(11-18(14)24)28-22(29)13-30-23-19(25)9-16(10-20(23)26)12-27-21-6-4-3-5-15(21)2/h3-11,27H,12-13H2,1-2H3,(H,28,29). The van der Waals surface area contributed by atoms with Gasteiger partial charge in [0.2, 0.25) is 0 Å². The number of aryl methyl sites for hydroxylation is 2. The summed E-state index contributed by atoms with van der Waals surface area (Å²) in [6.45, 7) is 4.25. The van der Waals surface area contributed by atoms with Gasteiger partial charge in [0, 0.05) is 22.9 Å². The summed E-state index contributed by atoms with van der Waals surface area (Å²) in [6.07, 6.45) is 0. The van der Waals surface area contributed by atoms with Gasteiger partial charge >= 0.3 is 0 Å². The van der Waals surface area contributed by atoms with E-state index in [0.29, 0.717) is 27.3 Å². The van der Waals surface area contributed by atoms with E-state index in [9.17, 15) is 4.79 Å². The Balaban J connectivity index is 1.60. The molecule has 2 N–H and O–H groups in total. The maximum Gasteiger partial charge on any atom is 0.262 e. The number of carbonyl (C=O) groups excluding carboxylic acids is 1. The number of halogens is 3. The third kappa shape index (κ3) is 5.82. The topological polar surface area (TPSA) is 50.4 Å². The van der Waals surface area contributed by atoms with E-state index in [-0.39, 0.29) is 18.3 Å². The maximum atomic E-state index is 12.2. The van der Waals surface area contributed by atoms with Crippen molar-refractivity contribution in [2.75, 3.05) is 17.2 Å². The minimum atomic E-state index is -0.340. The molecule has 4 nitrogen and oxygen atoms in total. The van der Waals surface area contributed by atoms with Crippen molar-refractivity contribution in [3.8, 4) is 5.75 Å². The van der Waals surface area contributed by atoms with Crippen molar-refractivity contribution < 1.29 is 9.53 Å². The number of benzene rings is 3. The van der Waals surface area contributed by atoms with E-state index in [0.717, 1.165) is 22.4 Å². The van der Waals surface area contributed by atoms with E-state index < -0.39 is 0 Å². The molecule has 0 atom stereocenters. The molecule has 3 aromatic carbocycles. The van der Waals surface area contributed by atoms with Crippen LogP contribution in [0, 0.1) is 13.8 Å². The summed E-state index contributed by atoms with van der Waals surface area (Å²) >= 11 is 18.8. The normalized spacial score (nSPS) is 10.6. The molecule has 0 aliphatic rings. The minimum Gasteiger partial charge on any atom is -0.481 e. The van der Waals surface area contributed by atoms with Crippen molar-refractivity contribution in [1.82, 2.24) is 0 Å². The molecule has 1 amide bonds. The van der Waals surface area contributed by atoms with Gasteiger partial charge < -0.3 is 15.4 Å². The van der Waals surface area contributed by atoms with Crippen LogP contribution in [-0.4, -0.2) is 12.5 Å². The van der Waals surface area contributed by atoms with Crippen LogP contribution >= 0.6 is 34.8 Å². The second-order valence-electron chi connectivity index (χ2n) is 6.86. The van der Waals surface area contributed by atoms with E-state index >= 15 is 0 Å². The van der Waals surface area contributed by atoms with Crippen molar-refractivity contribution in [2.24, 2.45) is 0 Å². The summed E-state index contributed by atoms with van der Waals surface area (Å²) in [6, 6.07) is 16.8. The molecule has 30 heavy (non-hydrogen) atoms. The lowest BCUT2D eigenvalue weighted by Crippen LogP contribution is -2.20. The molecule has 0 aliphatic heterocycles. The van der Waals surface area contributed by atoms with E-state index in [1.165, 1.54) is 0 Å². The van der Waals surface area contributed by atoms with Gasteiger partial charge in [-0.3, -0.25) is 4.79 Å². The molecule has 3 aromatic rings. The zero-order valence-electron chi connectivity index (χ0n) is 16.6. The SMILES string of the molecule is Cc1ccc(NC(=O)COc2c(Cl)cc(CNc3ccccc3C)cc2Cl)cc1Cl. The number of anilines is 2. The Kier molecular flexibility index (Phi) is 7.48. The molecule has 3 rings (SSSR count). The van der Waals surface area contributed by atoms with Crippen LogP contribution in [0.2, 0.25) is 15.1 Å². The second-order valence-corrected chi connectivity index (χ2v) is 8.08. The lowest BCUT2D eigenvalue weighted by Gasteiger charge is -2.14. The molecule has 156 valence electrons. The highest BCUT2D eigenvalue weighted by Crippen LogP contribution is 2.34. The highest BCUT2D eigenvalue weighted by atomic mass is 35.5. The predicted molar refractivity (Wildman–Crippen MR) is 125 cm³/mol. The lowest BCUT2D eigenvalue weighted by atomic mass is 10.1. The Morgan fingerprint density at radius 3 is 2.27 bits per heavy atom. The highest BCUT2D eigenvalue weighted by molar-refractivity contribution is 6.37. The molecular formula is C23H21Cl3N2O2. The first-order chi connectivity index (χ1) is 14.3. The summed E-state index contributed by atoms with van der Waals surface area (Å²) in [7, 11) is 0. The Labute approximate surface area is 191 Å². The molecule has 0 spiro atoms. The quantitative estimate of drug-likeness (QED) is 0.401. The van der Waals surface area contributed by atoms with Crippen molar-refractivity contribution in [3.63, 3.8) is 0 Å². The second kappa shape index (κ2) is 10.1. The first kappa shape index (κ1) is 22.3. The minimum absolute atomic E-state index is 0.230. The summed E-state index contributed by atoms with van der Waals surface area (Å²) in [5, 5.41) is 7.35. The van der Waals surface area contributed by atoms with Gasteiger partial charge in [0.15, 0.2) is 12.4 Å². The van der Waals surface area contributed by atoms with Gasteiger partial charge in [-0.05, 0) is 60.9 Å². The highest BCUT2D eigenvalue weighted by Gasteiger charge is 2.13. The number of amides is 1. The number of ether oxygens (including phenoxy) is 1. The molecular weight excluding hydrogens is 443 g/mol. The van der Waals surface area contributed by atoms with Crippen LogP contribution in [0.1, 0.15) is 16.7 Å². The van der Waals surface area contributed by atoms with Crippen molar-refractivity contribution in [2.45, 2.75) is 20.4 Å². The predicted octanol–water partition coefficient (Wildman–Crippen LogP) is 6.89. The fourth-order valence-corrected chi connectivity index (χ4v) is 3.65. The van der Waals surface area contributed by atoms with Crippen molar-refractivity contribution in [1.29, 1.82) is 0 Å². The Hall–Kier alpha value is -2.40. The molecule has 0 aliphatic carbocycles. The van der Waals surface area contributed by atoms with E-state index in [4.69, 9.17) is 39.5 Å². The van der Waals surface area contributed by atoms with Gasteiger partial charge in [-0.2, -0.15) is 0 Å². The lowest BCUT2D eigenvalue weighted by molar-refractivity contribution is -0.118. The maximum absolute atomic E-state index is 12.2. The first-order valence-corrected chi connectivity index (χ1v) is 10.4. The Morgan fingerprint density at radius 1 is 0.900 bits per heavy atom. The molecule has 0 fully saturated rings. The third-order valence-corrected chi connectivity index (χ3v) is 5.46. The van der Waals surface area contributed by atoms with Gasteiger partial charge in [0.05, 0.1) is 10.0 Å². The van der Waals surface area contributed by atoms with Crippen molar-refractivity contribution in [3.05, 3.63) is 86.4 Å². The van der Waals surface area contributed by atoms with Gasteiger partial charge in [-0.15, -0.1) is 0 Å². The zero-order chi connectivity index (χ0) is 21.7. The number of para-hydroxylation sites is 1. The average Bonchev–Trinajstić information content (AvgIpc) is 2.69. The summed E-state index contributed by atoms with van der Waals surface area (Å²) in [5.41, 5.74) is 4.61. The fraction of sp³-hybridized carbons (Fsp3) is 0.174. The monoisotopic (exact) mass is 462 g/mol. The zero-order valence-corrected chi connectivity index (χ0v) is 18.8. The summed E-state index contributed by atoms with van der Waals surface area (Å²) in [4.78, 5) is 12.2. The molecule has 0 unspecified atom stereocenters. The van der Waals surface area contributed by atoms with Gasteiger partial charge in [-0.1, -0.05) is 59.1 Å². The van der Waals surface area contributed by atoms with Crippen LogP contribution in [0.5, 0.6) is 5.75 Å². The van der Waals surface area contributed by atoms with Crippen LogP contribution < -0.4 is 15.4 Å². The number of hydrogen-bond donors (Lipinski definition) is 2. The number of hydrogen-bond acceptors (Lipinski definition) is 3. The number of nitrogens with one attached hydrogen (secondary N) is 2. The molecule has 0 aromatic heterocycles. The number of rotatable bonds is 7. The third-order valence-electron chi connectivity index (χ3n) is 4.49. The van der Waals surface area contributed by atoms with Crippen LogP contribution in [0.25, 0.3) is 0 Å². The summed E-state index contributed by atoms with van der Waals surface area (Å²) in [5.74, 6) is -0.0672. The van der Waals surface area contributed by atoms with Crippen LogP contribution in [0.4, 0.5) is 11.4 Å². The molecule has 0 bridgehead atoms. The van der Waals surface area contributed by atoms with Crippen LogP contribution in [0.3, 0.4) is 0 Å². The van der Waals surface area contributed by atoms with Crippen LogP contribution in [-0.2, 0) is 11.3 Å². The Morgan fingerprint density at radius 2 is 1.60 bits per heavy atom. The van der Waals surface area contributed by atoms with Gasteiger partial charge in [-0.25, -0.2) is 0 Å². The fourth-order valence-electron chi connectivity index (χ4n) is 2.83. The van der Waals surface area contributed by atoms with E-state index in [1.54, 1.807) is 24.3 Å². The molecule has 0 saturated heterocycles. The molecule has 7 heteroatoms. The largest absolute Gasteiger partial charge is 0.481 e. The molecule has 0 saturated carbocycles. The van der Waals surface area contributed by atoms with E-state index in [2.05, 4.69) is 10.6 Å². The van der Waals surface area contributed by atoms with Crippen LogP contribution in [0.15, 0.2) is 54.6 Å². The smallest absolute Gasteiger partial charge is 0.262 e. The average molecular weight is 464 g/mol. The summed E-state index contributed by atoms with van der Waals surface area (Å²) < 4.78 is 5.56.